The summed E-state index contributed by atoms with van der Waals surface area (Å²) in [4.78, 5) is 22.2. The summed E-state index contributed by atoms with van der Waals surface area (Å²) in [6.07, 6.45) is 1.55. The maximum absolute atomic E-state index is 11.8. The molecule has 114 valence electrons. The van der Waals surface area contributed by atoms with Crippen LogP contribution in [0.5, 0.6) is 0 Å². The molecule has 6 heteroatoms. The molecule has 0 aromatic heterocycles. The predicted octanol–water partition coefficient (Wildman–Crippen LogP) is 1.84. The first kappa shape index (κ1) is 15.9. The largest absolute Gasteiger partial charge is 0.481 e. The molecule has 2 atom stereocenters. The van der Waals surface area contributed by atoms with Gasteiger partial charge in [-0.05, 0) is 18.4 Å². The summed E-state index contributed by atoms with van der Waals surface area (Å²) in [7, 11) is 0. The molecule has 0 bridgehead atoms. The number of carbonyl (C=O) groups excluding carboxylic acids is 1. The Balaban J connectivity index is 1.79. The molecule has 1 aliphatic rings. The molecular weight excluding hydrogens is 290 g/mol. The summed E-state index contributed by atoms with van der Waals surface area (Å²) >= 11 is 1.11. The zero-order valence-electron chi connectivity index (χ0n) is 11.7. The highest BCUT2D eigenvalue weighted by atomic mass is 32.2. The Labute approximate surface area is 128 Å². The summed E-state index contributed by atoms with van der Waals surface area (Å²) < 4.78 is 5.75. The molecule has 1 saturated heterocycles. The summed E-state index contributed by atoms with van der Waals surface area (Å²) in [5.74, 6) is -0.879. The van der Waals surface area contributed by atoms with Crippen molar-refractivity contribution < 1.29 is 19.4 Å². The summed E-state index contributed by atoms with van der Waals surface area (Å²) in [5, 5.41) is 11.5. The molecule has 2 unspecified atom stereocenters. The fraction of sp³-hybridized carbons (Fsp3) is 0.467. The van der Waals surface area contributed by atoms with E-state index in [1.54, 1.807) is 0 Å². The van der Waals surface area contributed by atoms with Crippen molar-refractivity contribution in [1.82, 2.24) is 5.32 Å². The maximum Gasteiger partial charge on any atom is 0.313 e. The first-order valence-corrected chi connectivity index (χ1v) is 8.06. The van der Waals surface area contributed by atoms with Gasteiger partial charge in [0.05, 0.1) is 17.6 Å². The third-order valence-corrected chi connectivity index (χ3v) is 4.20. The van der Waals surface area contributed by atoms with Crippen LogP contribution in [0.25, 0.3) is 0 Å². The highest BCUT2D eigenvalue weighted by Crippen LogP contribution is 2.27. The van der Waals surface area contributed by atoms with Crippen LogP contribution in [-0.2, 0) is 14.3 Å². The van der Waals surface area contributed by atoms with Crippen molar-refractivity contribution in [3.05, 3.63) is 35.9 Å². The quantitative estimate of drug-likeness (QED) is 0.838. The third kappa shape index (κ3) is 5.40. The summed E-state index contributed by atoms with van der Waals surface area (Å²) in [6, 6.07) is 10.1. The summed E-state index contributed by atoms with van der Waals surface area (Å²) in [6.45, 7) is 0.618. The molecule has 1 fully saturated rings. The fourth-order valence-corrected chi connectivity index (χ4v) is 2.87. The van der Waals surface area contributed by atoms with Crippen LogP contribution in [-0.4, -0.2) is 41.1 Å². The van der Waals surface area contributed by atoms with E-state index in [0.717, 1.165) is 30.2 Å². The zero-order valence-corrected chi connectivity index (χ0v) is 12.5. The zero-order chi connectivity index (χ0) is 15.1. The number of hydrogen-bond donors (Lipinski definition) is 2. The number of carboxylic acid groups (broad SMARTS) is 1. The van der Waals surface area contributed by atoms with E-state index in [2.05, 4.69) is 5.32 Å². The average Bonchev–Trinajstić information content (AvgIpc) is 2.48. The second-order valence-corrected chi connectivity index (χ2v) is 5.93. The minimum atomic E-state index is -0.900. The molecule has 1 aromatic rings. The van der Waals surface area contributed by atoms with Crippen LogP contribution >= 0.6 is 11.8 Å². The molecule has 1 heterocycles. The van der Waals surface area contributed by atoms with Crippen LogP contribution in [0.2, 0.25) is 0 Å². The smallest absolute Gasteiger partial charge is 0.313 e. The lowest BCUT2D eigenvalue weighted by Gasteiger charge is -2.30. The van der Waals surface area contributed by atoms with Gasteiger partial charge >= 0.3 is 5.97 Å². The lowest BCUT2D eigenvalue weighted by atomic mass is 9.97. The first-order valence-electron chi connectivity index (χ1n) is 6.90. The lowest BCUT2D eigenvalue weighted by Crippen LogP contribution is -2.40. The van der Waals surface area contributed by atoms with Crippen molar-refractivity contribution >= 4 is 23.6 Å². The molecule has 0 spiro atoms. The Morgan fingerprint density at radius 3 is 2.76 bits per heavy atom. The van der Waals surface area contributed by atoms with Crippen LogP contribution in [0.15, 0.2) is 30.3 Å². The van der Waals surface area contributed by atoms with E-state index in [1.807, 2.05) is 30.3 Å². The van der Waals surface area contributed by atoms with E-state index in [-0.39, 0.29) is 29.6 Å². The van der Waals surface area contributed by atoms with E-state index < -0.39 is 5.97 Å². The Kier molecular flexibility index (Phi) is 6.07. The lowest BCUT2D eigenvalue weighted by molar-refractivity contribution is -0.133. The number of rotatable bonds is 6. The topological polar surface area (TPSA) is 75.6 Å². The van der Waals surface area contributed by atoms with E-state index in [0.29, 0.717) is 6.61 Å². The van der Waals surface area contributed by atoms with Gasteiger partial charge in [0, 0.05) is 12.6 Å². The van der Waals surface area contributed by atoms with Crippen LogP contribution in [0.1, 0.15) is 24.5 Å². The van der Waals surface area contributed by atoms with E-state index in [4.69, 9.17) is 9.84 Å². The Morgan fingerprint density at radius 1 is 1.29 bits per heavy atom. The number of thioether (sulfide) groups is 1. The summed E-state index contributed by atoms with van der Waals surface area (Å²) in [5.41, 5.74) is 1.12. The van der Waals surface area contributed by atoms with Gasteiger partial charge in [-0.15, -0.1) is 11.8 Å². The number of hydrogen-bond acceptors (Lipinski definition) is 4. The van der Waals surface area contributed by atoms with Crippen LogP contribution in [0, 0.1) is 0 Å². The number of carboxylic acids is 1. The Hall–Kier alpha value is -1.53. The molecule has 5 nitrogen and oxygen atoms in total. The molecule has 1 aliphatic heterocycles. The normalized spacial score (nSPS) is 21.7. The van der Waals surface area contributed by atoms with Gasteiger partial charge < -0.3 is 15.2 Å². The van der Waals surface area contributed by atoms with Crippen molar-refractivity contribution in [2.75, 3.05) is 18.1 Å². The number of nitrogens with one attached hydrogen (secondary N) is 1. The number of amides is 1. The molecule has 0 aliphatic carbocycles. The van der Waals surface area contributed by atoms with Crippen molar-refractivity contribution in [3.8, 4) is 0 Å². The van der Waals surface area contributed by atoms with E-state index in [1.165, 1.54) is 0 Å². The van der Waals surface area contributed by atoms with Crippen molar-refractivity contribution in [3.63, 3.8) is 0 Å². The van der Waals surface area contributed by atoms with Crippen LogP contribution < -0.4 is 5.32 Å². The molecule has 21 heavy (non-hydrogen) atoms. The van der Waals surface area contributed by atoms with Gasteiger partial charge in [0.15, 0.2) is 0 Å². The van der Waals surface area contributed by atoms with Gasteiger partial charge in [-0.3, -0.25) is 9.59 Å². The fourth-order valence-electron chi connectivity index (χ4n) is 2.33. The number of aliphatic carboxylic acids is 1. The molecule has 1 aromatic carbocycles. The van der Waals surface area contributed by atoms with Crippen LogP contribution in [0.4, 0.5) is 0 Å². The Bertz CT molecular complexity index is 480. The van der Waals surface area contributed by atoms with Gasteiger partial charge in [-0.25, -0.2) is 0 Å². The van der Waals surface area contributed by atoms with E-state index >= 15 is 0 Å². The highest BCUT2D eigenvalue weighted by Gasteiger charge is 2.24. The second kappa shape index (κ2) is 8.05. The standard InChI is InChI=1S/C15H19NO4S/c17-14(9-21-10-15(18)19)16-12-6-7-20-13(8-12)11-4-2-1-3-5-11/h1-5,12-13H,6-10H2,(H,16,17)(H,18,19). The third-order valence-electron chi connectivity index (χ3n) is 3.28. The number of carbonyl (C=O) groups is 2. The second-order valence-electron chi connectivity index (χ2n) is 4.95. The Morgan fingerprint density at radius 2 is 2.05 bits per heavy atom. The van der Waals surface area contributed by atoms with Gasteiger partial charge in [0.25, 0.3) is 0 Å². The minimum Gasteiger partial charge on any atom is -0.481 e. The molecular formula is C15H19NO4S. The average molecular weight is 309 g/mol. The van der Waals surface area contributed by atoms with Gasteiger partial charge in [0.2, 0.25) is 5.91 Å². The predicted molar refractivity (Wildman–Crippen MR) is 81.3 cm³/mol. The monoisotopic (exact) mass is 309 g/mol. The van der Waals surface area contributed by atoms with Crippen molar-refractivity contribution in [1.29, 1.82) is 0 Å². The molecule has 0 saturated carbocycles. The van der Waals surface area contributed by atoms with Crippen LogP contribution in [0.3, 0.4) is 0 Å². The van der Waals surface area contributed by atoms with Gasteiger partial charge in [-0.1, -0.05) is 30.3 Å². The van der Waals surface area contributed by atoms with Crippen molar-refractivity contribution in [2.45, 2.75) is 25.0 Å². The molecule has 2 rings (SSSR count). The molecule has 1 amide bonds. The highest BCUT2D eigenvalue weighted by molar-refractivity contribution is 8.00. The molecule has 2 N–H and O–H groups in total. The number of benzene rings is 1. The van der Waals surface area contributed by atoms with Gasteiger partial charge in [0.1, 0.15) is 0 Å². The minimum absolute atomic E-state index is 0.0110. The van der Waals surface area contributed by atoms with Gasteiger partial charge in [-0.2, -0.15) is 0 Å². The van der Waals surface area contributed by atoms with Crippen molar-refractivity contribution in [2.24, 2.45) is 0 Å². The maximum atomic E-state index is 11.8. The molecule has 0 radical (unpaired) electrons. The number of ether oxygens (including phenoxy) is 1. The SMILES string of the molecule is O=C(O)CSCC(=O)NC1CCOC(c2ccccc2)C1. The first-order chi connectivity index (χ1) is 10.1. The van der Waals surface area contributed by atoms with E-state index in [9.17, 15) is 9.59 Å².